The number of amides is 1. The summed E-state index contributed by atoms with van der Waals surface area (Å²) >= 11 is 0. The third-order valence-electron chi connectivity index (χ3n) is 3.69. The number of nitrogens with zero attached hydrogens (tertiary/aromatic N) is 1. The number of rotatable bonds is 5. The first-order valence-electron chi connectivity index (χ1n) is 8.53. The van der Waals surface area contributed by atoms with Gasteiger partial charge in [-0.1, -0.05) is 19.9 Å². The van der Waals surface area contributed by atoms with E-state index in [0.717, 1.165) is 25.0 Å². The molecule has 1 fully saturated rings. The van der Waals surface area contributed by atoms with Crippen molar-refractivity contribution in [3.63, 3.8) is 0 Å². The van der Waals surface area contributed by atoms with Gasteiger partial charge in [-0.2, -0.15) is 13.2 Å². The molecule has 2 rings (SSSR count). The minimum Gasteiger partial charge on any atom is -0.465 e. The summed E-state index contributed by atoms with van der Waals surface area (Å²) in [5, 5.41) is 2.46. The maximum absolute atomic E-state index is 12.8. The molecule has 1 heterocycles. The molecule has 0 bridgehead atoms. The first-order valence-corrected chi connectivity index (χ1v) is 8.53. The molecule has 0 aliphatic carbocycles. The number of carbonyl (C=O) groups excluding carboxylic acids is 1. The van der Waals surface area contributed by atoms with E-state index in [-0.39, 0.29) is 23.6 Å². The maximum Gasteiger partial charge on any atom is 0.416 e. The number of alkyl halides is 3. The average Bonchev–Trinajstić information content (AvgIpc) is 3.10. The summed E-state index contributed by atoms with van der Waals surface area (Å²) in [5.74, 6) is -0.501. The predicted octanol–water partition coefficient (Wildman–Crippen LogP) is 3.64. The van der Waals surface area contributed by atoms with E-state index in [1.165, 1.54) is 12.1 Å². The first-order chi connectivity index (χ1) is 12.3. The summed E-state index contributed by atoms with van der Waals surface area (Å²) in [6.45, 7) is 5.21. The van der Waals surface area contributed by atoms with Crippen LogP contribution in [-0.2, 0) is 15.7 Å². The second-order valence-electron chi connectivity index (χ2n) is 6.52. The Bertz CT molecular complexity index is 639. The molecule has 0 aromatic heterocycles. The lowest BCUT2D eigenvalue weighted by atomic mass is 10.1. The van der Waals surface area contributed by atoms with Crippen molar-refractivity contribution in [3.05, 3.63) is 35.4 Å². The molecule has 1 aliphatic heterocycles. The van der Waals surface area contributed by atoms with Crippen molar-refractivity contribution >= 4 is 11.9 Å². The molecule has 1 aromatic rings. The topological polar surface area (TPSA) is 59.9 Å². The minimum absolute atomic E-state index is 0.00314. The van der Waals surface area contributed by atoms with Gasteiger partial charge < -0.3 is 9.47 Å². The first kappa shape index (κ1) is 20.2. The number of hydrogen-bond donors (Lipinski definition) is 1. The number of halogens is 3. The lowest BCUT2D eigenvalue weighted by Gasteiger charge is -2.14. The van der Waals surface area contributed by atoms with Crippen molar-refractivity contribution in [1.82, 2.24) is 5.32 Å². The lowest BCUT2D eigenvalue weighted by molar-refractivity contribution is -0.137. The van der Waals surface area contributed by atoms with Gasteiger partial charge in [0, 0.05) is 12.2 Å². The molecule has 1 amide bonds. The van der Waals surface area contributed by atoms with Crippen molar-refractivity contribution < 1.29 is 27.4 Å². The zero-order chi connectivity index (χ0) is 19.2. The summed E-state index contributed by atoms with van der Waals surface area (Å²) in [4.78, 5) is 16.5. The van der Waals surface area contributed by atoms with Crippen molar-refractivity contribution in [2.24, 2.45) is 10.9 Å². The summed E-state index contributed by atoms with van der Waals surface area (Å²) in [6.07, 6.45) is -2.71. The highest BCUT2D eigenvalue weighted by atomic mass is 19.4. The zero-order valence-corrected chi connectivity index (χ0v) is 14.8. The minimum atomic E-state index is -4.51. The fraction of sp³-hybridized carbons (Fsp3) is 0.556. The Hall–Kier alpha value is -2.09. The van der Waals surface area contributed by atoms with Gasteiger partial charge in [0.2, 0.25) is 0 Å². The molecular weight excluding hydrogens is 349 g/mol. The number of carbonyl (C=O) groups is 1. The number of ether oxygens (including phenoxy) is 2. The molecule has 1 N–H and O–H groups in total. The molecule has 144 valence electrons. The van der Waals surface area contributed by atoms with Gasteiger partial charge in [0.15, 0.2) is 0 Å². The van der Waals surface area contributed by atoms with E-state index in [1.807, 2.05) is 13.8 Å². The van der Waals surface area contributed by atoms with Crippen LogP contribution in [0.25, 0.3) is 0 Å². The summed E-state index contributed by atoms with van der Waals surface area (Å²) in [5.41, 5.74) is -0.996. The predicted molar refractivity (Wildman–Crippen MR) is 91.0 cm³/mol. The Morgan fingerprint density at radius 3 is 2.81 bits per heavy atom. The highest BCUT2D eigenvalue weighted by Gasteiger charge is 2.31. The molecule has 26 heavy (non-hydrogen) atoms. The Balaban J connectivity index is 2.07. The van der Waals surface area contributed by atoms with Crippen LogP contribution in [0.2, 0.25) is 0 Å². The SMILES string of the molecule is CC(C)COC(=NC[C@H]1CCCO1)NC(=O)c1cccc(C(F)(F)F)c1. The number of benzene rings is 1. The third kappa shape index (κ3) is 6.33. The highest BCUT2D eigenvalue weighted by molar-refractivity contribution is 6.04. The number of aliphatic imine (C=N–C) groups is 1. The monoisotopic (exact) mass is 372 g/mol. The molecule has 8 heteroatoms. The molecule has 1 aliphatic rings. The summed E-state index contributed by atoms with van der Waals surface area (Å²) in [7, 11) is 0. The zero-order valence-electron chi connectivity index (χ0n) is 14.8. The largest absolute Gasteiger partial charge is 0.465 e. The Morgan fingerprint density at radius 1 is 1.42 bits per heavy atom. The molecule has 5 nitrogen and oxygen atoms in total. The van der Waals surface area contributed by atoms with E-state index in [1.54, 1.807) is 0 Å². The molecule has 0 radical (unpaired) electrons. The van der Waals surface area contributed by atoms with Crippen LogP contribution in [0.5, 0.6) is 0 Å². The van der Waals surface area contributed by atoms with Gasteiger partial charge in [0.1, 0.15) is 0 Å². The standard InChI is InChI=1S/C18H23F3N2O3/c1-12(2)11-26-17(22-10-15-7-4-8-25-15)23-16(24)13-5-3-6-14(9-13)18(19,20)21/h3,5-6,9,12,15H,4,7-8,10-11H2,1-2H3,(H,22,23,24)/t15-/m1/s1. The van der Waals surface area contributed by atoms with Crippen molar-refractivity contribution in [2.75, 3.05) is 19.8 Å². The third-order valence-corrected chi connectivity index (χ3v) is 3.69. The van der Waals surface area contributed by atoms with Crippen molar-refractivity contribution in [3.8, 4) is 0 Å². The van der Waals surface area contributed by atoms with E-state index >= 15 is 0 Å². The van der Waals surface area contributed by atoms with Crippen LogP contribution in [0.15, 0.2) is 29.3 Å². The molecule has 1 atom stereocenters. The van der Waals surface area contributed by atoms with Crippen LogP contribution < -0.4 is 5.32 Å². The van der Waals surface area contributed by atoms with Gasteiger partial charge in [-0.15, -0.1) is 0 Å². The second-order valence-corrected chi connectivity index (χ2v) is 6.52. The van der Waals surface area contributed by atoms with Gasteiger partial charge in [0.25, 0.3) is 11.9 Å². The smallest absolute Gasteiger partial charge is 0.416 e. The van der Waals surface area contributed by atoms with Crippen molar-refractivity contribution in [2.45, 2.75) is 39.0 Å². The number of amidine groups is 1. The molecule has 0 unspecified atom stereocenters. The van der Waals surface area contributed by atoms with E-state index in [0.29, 0.717) is 19.8 Å². The lowest BCUT2D eigenvalue weighted by Crippen LogP contribution is -2.34. The van der Waals surface area contributed by atoms with E-state index in [4.69, 9.17) is 9.47 Å². The van der Waals surface area contributed by atoms with Gasteiger partial charge in [-0.3, -0.25) is 10.1 Å². The number of nitrogens with one attached hydrogen (secondary N) is 1. The van der Waals surface area contributed by atoms with E-state index in [9.17, 15) is 18.0 Å². The summed E-state index contributed by atoms with van der Waals surface area (Å²) in [6, 6.07) is 4.21. The second kappa shape index (κ2) is 9.02. The fourth-order valence-corrected chi connectivity index (χ4v) is 2.35. The summed E-state index contributed by atoms with van der Waals surface area (Å²) < 4.78 is 49.4. The Morgan fingerprint density at radius 2 is 2.19 bits per heavy atom. The van der Waals surface area contributed by atoms with Gasteiger partial charge in [-0.05, 0) is 37.0 Å². The molecule has 0 spiro atoms. The van der Waals surface area contributed by atoms with E-state index < -0.39 is 17.6 Å². The van der Waals surface area contributed by atoms with Crippen LogP contribution in [0.1, 0.15) is 42.6 Å². The van der Waals surface area contributed by atoms with Gasteiger partial charge in [-0.25, -0.2) is 4.99 Å². The van der Waals surface area contributed by atoms with Crippen LogP contribution in [0.3, 0.4) is 0 Å². The van der Waals surface area contributed by atoms with Gasteiger partial charge >= 0.3 is 6.18 Å². The van der Waals surface area contributed by atoms with Crippen LogP contribution >= 0.6 is 0 Å². The van der Waals surface area contributed by atoms with Gasteiger partial charge in [0.05, 0.1) is 24.8 Å². The fourth-order valence-electron chi connectivity index (χ4n) is 2.35. The Labute approximate surface area is 150 Å². The molecule has 1 saturated heterocycles. The highest BCUT2D eigenvalue weighted by Crippen LogP contribution is 2.29. The van der Waals surface area contributed by atoms with Crippen LogP contribution in [0.4, 0.5) is 13.2 Å². The molecule has 0 saturated carbocycles. The Kier molecular flexibility index (Phi) is 7.02. The normalized spacial score (nSPS) is 18.2. The maximum atomic E-state index is 12.8. The number of hydrogen-bond acceptors (Lipinski definition) is 4. The van der Waals surface area contributed by atoms with E-state index in [2.05, 4.69) is 10.3 Å². The average molecular weight is 372 g/mol. The molecule has 1 aromatic carbocycles. The quantitative estimate of drug-likeness (QED) is 0.634. The molecular formula is C18H23F3N2O3. The van der Waals surface area contributed by atoms with Crippen molar-refractivity contribution in [1.29, 1.82) is 0 Å². The van der Waals surface area contributed by atoms with Crippen LogP contribution in [0, 0.1) is 5.92 Å². The van der Waals surface area contributed by atoms with Crippen LogP contribution in [-0.4, -0.2) is 37.8 Å².